The van der Waals surface area contributed by atoms with Crippen molar-refractivity contribution in [2.45, 2.75) is 35.5 Å². The molecule has 2 aliphatic heterocycles. The molecule has 6 unspecified atom stereocenters. The number of hydrogen-bond acceptors (Lipinski definition) is 8. The summed E-state index contributed by atoms with van der Waals surface area (Å²) in [5.41, 5.74) is 1.29. The number of nitrogens with zero attached hydrogens (tertiary/aromatic N) is 1. The number of anilines is 1. The van der Waals surface area contributed by atoms with Gasteiger partial charge in [0.2, 0.25) is 11.8 Å². The molecule has 1 saturated heterocycles. The Morgan fingerprint density at radius 3 is 2.56 bits per heavy atom. The molecule has 3 N–H and O–H groups in total. The molecule has 0 spiro atoms. The summed E-state index contributed by atoms with van der Waals surface area (Å²) in [6, 6.07) is 12.2. The van der Waals surface area contributed by atoms with Crippen LogP contribution in [0.5, 0.6) is 5.75 Å². The zero-order chi connectivity index (χ0) is 31.6. The molecule has 4 aliphatic rings. The summed E-state index contributed by atoms with van der Waals surface area (Å²) in [6.45, 7) is -0.179. The standard InChI is InChI=1S/C31H27Cl2N3O7S2/c32-17-8-7-13(10-18(17)33)34-20(37)12-43-19-5-2-1-4-14(19)22-23-15-11-16(26(23)44-28-27(22)45-31(42)35-28)25-24(15)29(40)36(30(25)41)9-3-6-21(38)39/h1-2,4-5,7-8,10,15-16,22-26H,3,6,9,11-12H2,(H,34,37)(H,35,42)(H,38,39)/t15?,16?,22-,23?,24?,25?,26?/m1/s1. The van der Waals surface area contributed by atoms with Crippen LogP contribution >= 0.6 is 46.3 Å². The first kappa shape index (κ1) is 30.3. The van der Waals surface area contributed by atoms with Crippen molar-refractivity contribution in [1.29, 1.82) is 0 Å². The van der Waals surface area contributed by atoms with Crippen LogP contribution in [0.1, 0.15) is 35.6 Å². The summed E-state index contributed by atoms with van der Waals surface area (Å²) in [5, 5.41) is 13.2. The van der Waals surface area contributed by atoms with Crippen LogP contribution in [0, 0.1) is 29.6 Å². The molecular formula is C31H27Cl2N3O7S2. The third kappa shape index (κ3) is 5.25. The number of fused-ring (bicyclic) bond motifs is 9. The maximum atomic E-state index is 13.7. The van der Waals surface area contributed by atoms with Crippen LogP contribution in [0.3, 0.4) is 0 Å². The van der Waals surface area contributed by atoms with Crippen LogP contribution in [0.15, 0.2) is 52.3 Å². The number of aliphatic carboxylic acids is 1. The van der Waals surface area contributed by atoms with Crippen molar-refractivity contribution < 1.29 is 29.0 Å². The van der Waals surface area contributed by atoms with Crippen LogP contribution in [0.2, 0.25) is 10.0 Å². The fourth-order valence-corrected chi connectivity index (χ4v) is 11.0. The van der Waals surface area contributed by atoms with E-state index in [2.05, 4.69) is 10.3 Å². The molecule has 3 amide bonds. The molecular weight excluding hydrogens is 661 g/mol. The Balaban J connectivity index is 1.17. The number of aromatic amines is 1. The van der Waals surface area contributed by atoms with Gasteiger partial charge < -0.3 is 20.1 Å². The third-order valence-corrected chi connectivity index (χ3v) is 12.7. The smallest absolute Gasteiger partial charge is 0.305 e. The second-order valence-corrected chi connectivity index (χ2v) is 14.8. The number of thiazole rings is 1. The van der Waals surface area contributed by atoms with Crippen molar-refractivity contribution in [3.63, 3.8) is 0 Å². The van der Waals surface area contributed by atoms with Gasteiger partial charge in [0, 0.05) is 40.3 Å². The van der Waals surface area contributed by atoms with Gasteiger partial charge in [-0.1, -0.05) is 52.7 Å². The third-order valence-electron chi connectivity index (χ3n) is 9.40. The Labute approximate surface area is 275 Å². The van der Waals surface area contributed by atoms with Crippen molar-refractivity contribution in [3.05, 3.63) is 72.6 Å². The molecule has 10 nitrogen and oxygen atoms in total. The number of carboxylic acid groups (broad SMARTS) is 1. The van der Waals surface area contributed by atoms with Gasteiger partial charge in [-0.2, -0.15) is 0 Å². The van der Waals surface area contributed by atoms with E-state index in [-0.39, 0.29) is 71.6 Å². The normalized spacial score (nSPS) is 27.7. The van der Waals surface area contributed by atoms with Crippen molar-refractivity contribution in [2.24, 2.45) is 29.6 Å². The van der Waals surface area contributed by atoms with Gasteiger partial charge in [0.1, 0.15) is 5.75 Å². The number of nitrogens with one attached hydrogen (secondary N) is 2. The van der Waals surface area contributed by atoms with E-state index in [9.17, 15) is 24.0 Å². The van der Waals surface area contributed by atoms with Crippen LogP contribution in [-0.2, 0) is 19.2 Å². The van der Waals surface area contributed by atoms with Crippen molar-refractivity contribution in [1.82, 2.24) is 9.88 Å². The van der Waals surface area contributed by atoms with E-state index in [1.807, 2.05) is 18.2 Å². The summed E-state index contributed by atoms with van der Waals surface area (Å²) in [7, 11) is 0. The van der Waals surface area contributed by atoms with E-state index in [0.29, 0.717) is 21.5 Å². The van der Waals surface area contributed by atoms with Gasteiger partial charge in [-0.25, -0.2) is 0 Å². The van der Waals surface area contributed by atoms with Gasteiger partial charge in [-0.3, -0.25) is 28.9 Å². The Morgan fingerprint density at radius 1 is 1.04 bits per heavy atom. The number of amides is 3. The monoisotopic (exact) mass is 687 g/mol. The van der Waals surface area contributed by atoms with Gasteiger partial charge in [0.25, 0.3) is 5.91 Å². The molecule has 7 rings (SSSR count). The molecule has 45 heavy (non-hydrogen) atoms. The highest BCUT2D eigenvalue weighted by molar-refractivity contribution is 8.00. The van der Waals surface area contributed by atoms with Gasteiger partial charge in [0.05, 0.1) is 26.9 Å². The lowest BCUT2D eigenvalue weighted by Crippen LogP contribution is -2.42. The second-order valence-electron chi connectivity index (χ2n) is 11.8. The summed E-state index contributed by atoms with van der Waals surface area (Å²) >= 11 is 14.8. The Hall–Kier alpha value is -3.32. The molecule has 234 valence electrons. The Morgan fingerprint density at radius 2 is 1.80 bits per heavy atom. The molecule has 1 aromatic heterocycles. The first-order valence-corrected chi connectivity index (χ1v) is 17.0. The number of halogens is 2. The Bertz CT molecular complexity index is 1790. The number of ether oxygens (including phenoxy) is 1. The highest BCUT2D eigenvalue weighted by atomic mass is 35.5. The molecule has 7 atom stereocenters. The average molecular weight is 689 g/mol. The van der Waals surface area contributed by atoms with Crippen molar-refractivity contribution in [3.8, 4) is 5.75 Å². The van der Waals surface area contributed by atoms with Crippen LogP contribution in [-0.4, -0.2) is 57.1 Å². The molecule has 3 fully saturated rings. The number of para-hydroxylation sites is 1. The number of carbonyl (C=O) groups excluding carboxylic acids is 3. The summed E-state index contributed by atoms with van der Waals surface area (Å²) < 4.78 is 6.10. The molecule has 3 heterocycles. The largest absolute Gasteiger partial charge is 0.483 e. The minimum Gasteiger partial charge on any atom is -0.483 e. The van der Waals surface area contributed by atoms with Crippen LogP contribution < -0.4 is 14.9 Å². The maximum absolute atomic E-state index is 13.7. The number of hydrogen-bond donors (Lipinski definition) is 3. The van der Waals surface area contributed by atoms with Gasteiger partial charge >= 0.3 is 10.8 Å². The number of thioether (sulfide) groups is 1. The molecule has 2 aromatic carbocycles. The number of H-pyrrole nitrogens is 1. The maximum Gasteiger partial charge on any atom is 0.305 e. The number of likely N-dealkylation sites (tertiary alicyclic amines) is 1. The molecule has 3 aromatic rings. The quantitative estimate of drug-likeness (QED) is 0.264. The molecule has 2 saturated carbocycles. The highest BCUT2D eigenvalue weighted by Crippen LogP contribution is 2.69. The molecule has 2 bridgehead atoms. The molecule has 14 heteroatoms. The summed E-state index contributed by atoms with van der Waals surface area (Å²) in [4.78, 5) is 68.7. The predicted molar refractivity (Wildman–Crippen MR) is 169 cm³/mol. The number of carboxylic acids is 1. The van der Waals surface area contributed by atoms with E-state index < -0.39 is 23.7 Å². The van der Waals surface area contributed by atoms with Crippen molar-refractivity contribution in [2.75, 3.05) is 18.5 Å². The summed E-state index contributed by atoms with van der Waals surface area (Å²) in [5.74, 6) is -2.70. The first-order valence-electron chi connectivity index (χ1n) is 14.6. The van der Waals surface area contributed by atoms with Gasteiger partial charge in [-0.15, -0.1) is 11.8 Å². The lowest BCUT2D eigenvalue weighted by Gasteiger charge is -2.43. The molecule has 2 aliphatic carbocycles. The Kier molecular flexibility index (Phi) is 7.95. The minimum absolute atomic E-state index is 0.0132. The zero-order valence-electron chi connectivity index (χ0n) is 23.5. The minimum atomic E-state index is -0.965. The number of carbonyl (C=O) groups is 4. The van der Waals surface area contributed by atoms with E-state index in [4.69, 9.17) is 33.0 Å². The number of benzene rings is 2. The topological polar surface area (TPSA) is 146 Å². The zero-order valence-corrected chi connectivity index (χ0v) is 26.7. The van der Waals surface area contributed by atoms with Crippen molar-refractivity contribution >= 4 is 75.7 Å². The number of rotatable bonds is 9. The van der Waals surface area contributed by atoms with Crippen LogP contribution in [0.25, 0.3) is 0 Å². The lowest BCUT2D eigenvalue weighted by atomic mass is 9.68. The van der Waals surface area contributed by atoms with E-state index >= 15 is 0 Å². The van der Waals surface area contributed by atoms with E-state index in [1.165, 1.54) is 4.90 Å². The highest BCUT2D eigenvalue weighted by Gasteiger charge is 2.69. The fraction of sp³-hybridized carbons (Fsp3) is 0.387. The first-order chi connectivity index (χ1) is 21.6. The van der Waals surface area contributed by atoms with E-state index in [1.54, 1.807) is 36.0 Å². The average Bonchev–Trinajstić information content (AvgIpc) is 3.74. The lowest BCUT2D eigenvalue weighted by molar-refractivity contribution is -0.142. The van der Waals surface area contributed by atoms with Gasteiger partial charge in [-0.05, 0) is 54.9 Å². The summed E-state index contributed by atoms with van der Waals surface area (Å²) in [6.07, 6.45) is 0.828. The predicted octanol–water partition coefficient (Wildman–Crippen LogP) is 5.10. The second kappa shape index (κ2) is 11.8. The fourth-order valence-electron chi connectivity index (χ4n) is 7.82. The molecule has 0 radical (unpaired) electrons. The van der Waals surface area contributed by atoms with Gasteiger partial charge in [0.15, 0.2) is 6.61 Å². The SMILES string of the molecule is O=C(O)CCCN1C(=O)C2C3CC(C2C1=O)C1C3Sc2[nH]c(=O)sc2[C@@H]1c1ccccc1OCC(=O)Nc1ccc(Cl)c(Cl)c1. The van der Waals surface area contributed by atoms with E-state index in [0.717, 1.165) is 33.2 Å². The van der Waals surface area contributed by atoms with Crippen LogP contribution in [0.4, 0.5) is 5.69 Å². The number of aromatic nitrogens is 1. The number of imide groups is 1.